The maximum absolute atomic E-state index is 13.2. The van der Waals surface area contributed by atoms with Crippen molar-refractivity contribution in [3.8, 4) is 0 Å². The predicted molar refractivity (Wildman–Crippen MR) is 90.0 cm³/mol. The fraction of sp³-hybridized carbons (Fsp3) is 0.235. The van der Waals surface area contributed by atoms with Gasteiger partial charge in [-0.05, 0) is 67.3 Å². The summed E-state index contributed by atoms with van der Waals surface area (Å²) in [5, 5.41) is 2.77. The summed E-state index contributed by atoms with van der Waals surface area (Å²) in [6.07, 6.45) is 1.73. The van der Waals surface area contributed by atoms with Crippen LogP contribution in [0.25, 0.3) is 0 Å². The van der Waals surface area contributed by atoms with Gasteiger partial charge in [0.05, 0.1) is 10.6 Å². The Morgan fingerprint density at radius 3 is 2.67 bits per heavy atom. The van der Waals surface area contributed by atoms with Crippen LogP contribution in [0.3, 0.4) is 0 Å². The van der Waals surface area contributed by atoms with E-state index < -0.39 is 15.8 Å². The molecule has 24 heavy (non-hydrogen) atoms. The minimum Gasteiger partial charge on any atom is -0.326 e. The summed E-state index contributed by atoms with van der Waals surface area (Å²) in [6.45, 7) is 1.63. The highest BCUT2D eigenvalue weighted by Crippen LogP contribution is 2.27. The van der Waals surface area contributed by atoms with Gasteiger partial charge in [0, 0.05) is 12.1 Å². The second-order valence-corrected chi connectivity index (χ2v) is 7.47. The van der Waals surface area contributed by atoms with Gasteiger partial charge in [-0.1, -0.05) is 0 Å². The zero-order chi connectivity index (χ0) is 17.3. The lowest BCUT2D eigenvalue weighted by Crippen LogP contribution is -2.15. The van der Waals surface area contributed by atoms with Crippen LogP contribution in [0.2, 0.25) is 0 Å². The number of nitrogens with one attached hydrogen (secondary N) is 2. The van der Waals surface area contributed by atoms with E-state index in [1.165, 1.54) is 24.3 Å². The number of rotatable bonds is 3. The van der Waals surface area contributed by atoms with Crippen LogP contribution in [0, 0.1) is 12.7 Å². The van der Waals surface area contributed by atoms with Crippen molar-refractivity contribution in [2.45, 2.75) is 31.1 Å². The highest BCUT2D eigenvalue weighted by atomic mass is 32.2. The fourth-order valence-electron chi connectivity index (χ4n) is 2.66. The van der Waals surface area contributed by atoms with Gasteiger partial charge in [0.15, 0.2) is 0 Å². The monoisotopic (exact) mass is 348 g/mol. The van der Waals surface area contributed by atoms with Gasteiger partial charge in [-0.15, -0.1) is 0 Å². The summed E-state index contributed by atoms with van der Waals surface area (Å²) >= 11 is 0. The van der Waals surface area contributed by atoms with Crippen molar-refractivity contribution in [2.75, 3.05) is 10.0 Å². The number of fused-ring (bicyclic) bond motifs is 1. The minimum atomic E-state index is -3.79. The van der Waals surface area contributed by atoms with E-state index in [1.54, 1.807) is 19.1 Å². The molecule has 126 valence electrons. The van der Waals surface area contributed by atoms with Gasteiger partial charge >= 0.3 is 0 Å². The van der Waals surface area contributed by atoms with Crippen molar-refractivity contribution < 1.29 is 17.6 Å². The SMILES string of the molecule is Cc1cc(F)ccc1NS(=O)(=O)c1ccc2c(c1)CCCC(=O)N2. The smallest absolute Gasteiger partial charge is 0.261 e. The van der Waals surface area contributed by atoms with Crippen molar-refractivity contribution in [1.29, 1.82) is 0 Å². The van der Waals surface area contributed by atoms with Crippen molar-refractivity contribution in [3.63, 3.8) is 0 Å². The van der Waals surface area contributed by atoms with Gasteiger partial charge in [-0.3, -0.25) is 9.52 Å². The van der Waals surface area contributed by atoms with E-state index in [0.29, 0.717) is 36.2 Å². The second-order valence-electron chi connectivity index (χ2n) is 5.79. The highest BCUT2D eigenvalue weighted by Gasteiger charge is 2.19. The van der Waals surface area contributed by atoms with E-state index in [4.69, 9.17) is 0 Å². The third-order valence-corrected chi connectivity index (χ3v) is 5.31. The molecule has 3 rings (SSSR count). The number of benzene rings is 2. The number of hydrogen-bond donors (Lipinski definition) is 2. The Morgan fingerprint density at radius 1 is 1.12 bits per heavy atom. The van der Waals surface area contributed by atoms with Gasteiger partial charge in [0.1, 0.15) is 5.82 Å². The molecule has 0 saturated carbocycles. The molecule has 0 aromatic heterocycles. The quantitative estimate of drug-likeness (QED) is 0.894. The van der Waals surface area contributed by atoms with Crippen LogP contribution in [-0.4, -0.2) is 14.3 Å². The number of aryl methyl sites for hydroxylation is 2. The van der Waals surface area contributed by atoms with E-state index >= 15 is 0 Å². The van der Waals surface area contributed by atoms with Crippen molar-refractivity contribution in [3.05, 3.63) is 53.3 Å². The van der Waals surface area contributed by atoms with Gasteiger partial charge in [0.25, 0.3) is 10.0 Å². The first-order chi connectivity index (χ1) is 11.3. The normalized spacial score (nSPS) is 14.5. The van der Waals surface area contributed by atoms with Gasteiger partial charge in [0.2, 0.25) is 5.91 Å². The summed E-state index contributed by atoms with van der Waals surface area (Å²) in [5.74, 6) is -0.486. The molecule has 0 fully saturated rings. The number of sulfonamides is 1. The summed E-state index contributed by atoms with van der Waals surface area (Å²) in [6, 6.07) is 8.49. The van der Waals surface area contributed by atoms with Crippen LogP contribution in [0.5, 0.6) is 0 Å². The average Bonchev–Trinajstić information content (AvgIpc) is 2.70. The lowest BCUT2D eigenvalue weighted by molar-refractivity contribution is -0.116. The molecule has 0 saturated heterocycles. The van der Waals surface area contributed by atoms with E-state index in [0.717, 1.165) is 5.56 Å². The van der Waals surface area contributed by atoms with Crippen LogP contribution >= 0.6 is 0 Å². The predicted octanol–water partition coefficient (Wildman–Crippen LogP) is 3.21. The molecule has 0 spiro atoms. The molecule has 1 heterocycles. The van der Waals surface area contributed by atoms with E-state index in [1.807, 2.05) is 0 Å². The van der Waals surface area contributed by atoms with E-state index in [-0.39, 0.29) is 10.8 Å². The number of carbonyl (C=O) groups is 1. The first kappa shape index (κ1) is 16.4. The maximum Gasteiger partial charge on any atom is 0.261 e. The van der Waals surface area contributed by atoms with E-state index in [2.05, 4.69) is 10.0 Å². The Labute approximate surface area is 139 Å². The highest BCUT2D eigenvalue weighted by molar-refractivity contribution is 7.92. The van der Waals surface area contributed by atoms with E-state index in [9.17, 15) is 17.6 Å². The molecule has 0 aliphatic carbocycles. The van der Waals surface area contributed by atoms with Crippen LogP contribution in [0.15, 0.2) is 41.3 Å². The first-order valence-electron chi connectivity index (χ1n) is 7.57. The van der Waals surface area contributed by atoms with Crippen molar-refractivity contribution in [1.82, 2.24) is 0 Å². The molecule has 1 aliphatic heterocycles. The van der Waals surface area contributed by atoms with Gasteiger partial charge in [-0.25, -0.2) is 12.8 Å². The molecular formula is C17H17FN2O3S. The van der Waals surface area contributed by atoms with Crippen LogP contribution in [0.4, 0.5) is 15.8 Å². The summed E-state index contributed by atoms with van der Waals surface area (Å²) in [7, 11) is -3.79. The molecule has 0 radical (unpaired) electrons. The number of anilines is 2. The summed E-state index contributed by atoms with van der Waals surface area (Å²) in [5.41, 5.74) is 2.27. The van der Waals surface area contributed by atoms with Crippen LogP contribution in [-0.2, 0) is 21.2 Å². The lowest BCUT2D eigenvalue weighted by atomic mass is 10.1. The molecule has 2 N–H and O–H groups in total. The van der Waals surface area contributed by atoms with Crippen LogP contribution in [0.1, 0.15) is 24.0 Å². The number of hydrogen-bond acceptors (Lipinski definition) is 3. The third kappa shape index (κ3) is 3.41. The maximum atomic E-state index is 13.2. The van der Waals surface area contributed by atoms with Crippen molar-refractivity contribution >= 4 is 27.3 Å². The molecule has 2 aromatic carbocycles. The van der Waals surface area contributed by atoms with Crippen molar-refractivity contribution in [2.24, 2.45) is 0 Å². The number of halogens is 1. The first-order valence-corrected chi connectivity index (χ1v) is 9.05. The van der Waals surface area contributed by atoms with Gasteiger partial charge in [-0.2, -0.15) is 0 Å². The summed E-state index contributed by atoms with van der Waals surface area (Å²) < 4.78 is 40.8. The lowest BCUT2D eigenvalue weighted by Gasteiger charge is -2.13. The Bertz CT molecular complexity index is 910. The molecule has 0 unspecified atom stereocenters. The molecule has 1 aliphatic rings. The third-order valence-electron chi connectivity index (χ3n) is 3.94. The molecule has 7 heteroatoms. The summed E-state index contributed by atoms with van der Waals surface area (Å²) in [4.78, 5) is 11.7. The topological polar surface area (TPSA) is 75.3 Å². The molecule has 1 amide bonds. The molecule has 0 atom stereocenters. The Balaban J connectivity index is 1.92. The largest absolute Gasteiger partial charge is 0.326 e. The minimum absolute atomic E-state index is 0.0654. The Morgan fingerprint density at radius 2 is 1.92 bits per heavy atom. The standard InChI is InChI=1S/C17H17FN2O3S/c1-11-9-13(18)5-7-15(11)20-24(22,23)14-6-8-16-12(10-14)3-2-4-17(21)19-16/h5-10,20H,2-4H2,1H3,(H,19,21). The average molecular weight is 348 g/mol. The fourth-order valence-corrected chi connectivity index (χ4v) is 3.84. The Kier molecular flexibility index (Phi) is 4.28. The Hall–Kier alpha value is -2.41. The zero-order valence-electron chi connectivity index (χ0n) is 13.1. The molecule has 2 aromatic rings. The zero-order valence-corrected chi connectivity index (χ0v) is 13.9. The molecule has 5 nitrogen and oxygen atoms in total. The van der Waals surface area contributed by atoms with Gasteiger partial charge < -0.3 is 5.32 Å². The second kappa shape index (κ2) is 6.24. The van der Waals surface area contributed by atoms with Crippen LogP contribution < -0.4 is 10.0 Å². The number of carbonyl (C=O) groups excluding carboxylic acids is 1. The molecule has 0 bridgehead atoms. The molecular weight excluding hydrogens is 331 g/mol. The number of amides is 1.